The van der Waals surface area contributed by atoms with E-state index >= 15 is 0 Å². The first-order chi connectivity index (χ1) is 11.7. The van der Waals surface area contributed by atoms with Gasteiger partial charge in [0.1, 0.15) is 0 Å². The SMILES string of the molecule is O=c1[nH]c2cccc(CN3CCN(c4ncccc4F)CC3)c2o1. The minimum Gasteiger partial charge on any atom is -0.408 e. The molecule has 0 amide bonds. The zero-order valence-electron chi connectivity index (χ0n) is 13.0. The number of nitrogens with one attached hydrogen (secondary N) is 1. The van der Waals surface area contributed by atoms with Gasteiger partial charge in [-0.2, -0.15) is 0 Å². The second-order valence-corrected chi connectivity index (χ2v) is 5.88. The van der Waals surface area contributed by atoms with Crippen LogP contribution in [-0.2, 0) is 6.54 Å². The van der Waals surface area contributed by atoms with Crippen LogP contribution in [0.4, 0.5) is 10.2 Å². The smallest absolute Gasteiger partial charge is 0.408 e. The number of rotatable bonds is 3. The van der Waals surface area contributed by atoms with Crippen molar-refractivity contribution in [1.29, 1.82) is 0 Å². The van der Waals surface area contributed by atoms with Crippen LogP contribution in [0.15, 0.2) is 45.7 Å². The Kier molecular flexibility index (Phi) is 3.78. The number of nitrogens with zero attached hydrogens (tertiary/aromatic N) is 3. The van der Waals surface area contributed by atoms with Crippen molar-refractivity contribution in [3.63, 3.8) is 0 Å². The molecule has 7 heteroatoms. The molecule has 24 heavy (non-hydrogen) atoms. The third kappa shape index (κ3) is 2.78. The number of oxazole rings is 1. The lowest BCUT2D eigenvalue weighted by Gasteiger charge is -2.35. The maximum atomic E-state index is 13.8. The lowest BCUT2D eigenvalue weighted by molar-refractivity contribution is 0.248. The van der Waals surface area contributed by atoms with Crippen molar-refractivity contribution in [2.75, 3.05) is 31.1 Å². The fourth-order valence-electron chi connectivity index (χ4n) is 3.13. The van der Waals surface area contributed by atoms with Crippen molar-refractivity contribution in [1.82, 2.24) is 14.9 Å². The monoisotopic (exact) mass is 328 g/mol. The molecule has 0 atom stereocenters. The van der Waals surface area contributed by atoms with Crippen molar-refractivity contribution in [2.24, 2.45) is 0 Å². The van der Waals surface area contributed by atoms with Crippen LogP contribution in [0.3, 0.4) is 0 Å². The lowest BCUT2D eigenvalue weighted by Crippen LogP contribution is -2.46. The van der Waals surface area contributed by atoms with E-state index in [9.17, 15) is 9.18 Å². The van der Waals surface area contributed by atoms with Crippen LogP contribution in [-0.4, -0.2) is 41.0 Å². The molecule has 0 aliphatic carbocycles. The van der Waals surface area contributed by atoms with Crippen LogP contribution in [0.1, 0.15) is 5.56 Å². The number of benzene rings is 1. The Morgan fingerprint density at radius 3 is 2.79 bits per heavy atom. The number of hydrogen-bond donors (Lipinski definition) is 1. The van der Waals surface area contributed by atoms with E-state index in [1.54, 1.807) is 12.3 Å². The minimum atomic E-state index is -0.437. The molecule has 124 valence electrons. The number of piperazine rings is 1. The number of para-hydroxylation sites is 1. The van der Waals surface area contributed by atoms with Crippen LogP contribution in [0.25, 0.3) is 11.1 Å². The number of fused-ring (bicyclic) bond motifs is 1. The first-order valence-corrected chi connectivity index (χ1v) is 7.89. The Hall–Kier alpha value is -2.67. The summed E-state index contributed by atoms with van der Waals surface area (Å²) in [5, 5.41) is 0. The quantitative estimate of drug-likeness (QED) is 0.796. The molecule has 6 nitrogen and oxygen atoms in total. The maximum Gasteiger partial charge on any atom is 0.417 e. The van der Waals surface area contributed by atoms with Crippen molar-refractivity contribution >= 4 is 16.9 Å². The van der Waals surface area contributed by atoms with Gasteiger partial charge >= 0.3 is 5.76 Å². The summed E-state index contributed by atoms with van der Waals surface area (Å²) < 4.78 is 19.1. The summed E-state index contributed by atoms with van der Waals surface area (Å²) in [6.45, 7) is 3.70. The first-order valence-electron chi connectivity index (χ1n) is 7.89. The molecule has 0 unspecified atom stereocenters. The van der Waals surface area contributed by atoms with Gasteiger partial charge in [-0.1, -0.05) is 12.1 Å². The summed E-state index contributed by atoms with van der Waals surface area (Å²) in [6, 6.07) is 8.72. The molecule has 0 spiro atoms. The van der Waals surface area contributed by atoms with Crippen LogP contribution in [0.2, 0.25) is 0 Å². The Morgan fingerprint density at radius 2 is 2.00 bits per heavy atom. The minimum absolute atomic E-state index is 0.287. The Bertz CT molecular complexity index is 912. The predicted molar refractivity (Wildman–Crippen MR) is 88.5 cm³/mol. The van der Waals surface area contributed by atoms with Gasteiger partial charge in [-0.05, 0) is 18.2 Å². The second-order valence-electron chi connectivity index (χ2n) is 5.88. The van der Waals surface area contributed by atoms with Crippen LogP contribution in [0, 0.1) is 5.82 Å². The van der Waals surface area contributed by atoms with Gasteiger partial charge < -0.3 is 9.32 Å². The summed E-state index contributed by atoms with van der Waals surface area (Å²) in [4.78, 5) is 22.4. The number of aromatic amines is 1. The van der Waals surface area contributed by atoms with E-state index in [1.807, 2.05) is 23.1 Å². The highest BCUT2D eigenvalue weighted by molar-refractivity contribution is 5.75. The zero-order chi connectivity index (χ0) is 16.5. The van der Waals surface area contributed by atoms with Crippen LogP contribution in [0.5, 0.6) is 0 Å². The fraction of sp³-hybridized carbons (Fsp3) is 0.294. The molecule has 1 saturated heterocycles. The summed E-state index contributed by atoms with van der Waals surface area (Å²) in [5.74, 6) is -0.311. The Labute approximate surface area is 137 Å². The summed E-state index contributed by atoms with van der Waals surface area (Å²) in [7, 11) is 0. The largest absolute Gasteiger partial charge is 0.417 e. The van der Waals surface area contributed by atoms with Crippen molar-refractivity contribution in [2.45, 2.75) is 6.54 Å². The van der Waals surface area contributed by atoms with Gasteiger partial charge in [0.15, 0.2) is 17.2 Å². The van der Waals surface area contributed by atoms with E-state index in [1.165, 1.54) is 6.07 Å². The third-order valence-corrected chi connectivity index (χ3v) is 4.33. The summed E-state index contributed by atoms with van der Waals surface area (Å²) in [6.07, 6.45) is 1.61. The maximum absolute atomic E-state index is 13.8. The molecule has 0 radical (unpaired) electrons. The number of aromatic nitrogens is 2. The highest BCUT2D eigenvalue weighted by atomic mass is 19.1. The molecule has 2 aromatic heterocycles. The first kappa shape index (κ1) is 14.9. The highest BCUT2D eigenvalue weighted by Gasteiger charge is 2.21. The molecule has 1 fully saturated rings. The normalized spacial score (nSPS) is 16.0. The Morgan fingerprint density at radius 1 is 1.17 bits per heavy atom. The highest BCUT2D eigenvalue weighted by Crippen LogP contribution is 2.20. The van der Waals surface area contributed by atoms with E-state index < -0.39 is 5.76 Å². The van der Waals surface area contributed by atoms with Gasteiger partial charge in [-0.25, -0.2) is 14.2 Å². The molecule has 3 heterocycles. The zero-order valence-corrected chi connectivity index (χ0v) is 13.0. The molecule has 0 bridgehead atoms. The summed E-state index contributed by atoms with van der Waals surface area (Å²) in [5.41, 5.74) is 2.30. The number of H-pyrrole nitrogens is 1. The number of hydrogen-bond acceptors (Lipinski definition) is 5. The van der Waals surface area contributed by atoms with Gasteiger partial charge in [-0.3, -0.25) is 9.88 Å². The Balaban J connectivity index is 1.46. The predicted octanol–water partition coefficient (Wildman–Crippen LogP) is 1.98. The number of halogens is 1. The van der Waals surface area contributed by atoms with E-state index in [-0.39, 0.29) is 5.82 Å². The van der Waals surface area contributed by atoms with E-state index in [0.717, 1.165) is 18.7 Å². The van der Waals surface area contributed by atoms with Crippen LogP contribution < -0.4 is 10.7 Å². The van der Waals surface area contributed by atoms with Gasteiger partial charge in [-0.15, -0.1) is 0 Å². The van der Waals surface area contributed by atoms with Gasteiger partial charge in [0.2, 0.25) is 0 Å². The van der Waals surface area contributed by atoms with E-state index in [4.69, 9.17) is 4.42 Å². The molecule has 1 N–H and O–H groups in total. The number of anilines is 1. The van der Waals surface area contributed by atoms with Crippen molar-refractivity contribution < 1.29 is 8.81 Å². The van der Waals surface area contributed by atoms with E-state index in [2.05, 4.69) is 14.9 Å². The average molecular weight is 328 g/mol. The molecular weight excluding hydrogens is 311 g/mol. The van der Waals surface area contributed by atoms with E-state index in [0.29, 0.717) is 36.6 Å². The van der Waals surface area contributed by atoms with Gasteiger partial charge in [0.25, 0.3) is 0 Å². The third-order valence-electron chi connectivity index (χ3n) is 4.33. The van der Waals surface area contributed by atoms with Crippen molar-refractivity contribution in [3.8, 4) is 0 Å². The average Bonchev–Trinajstić information content (AvgIpc) is 2.98. The number of pyridine rings is 1. The van der Waals surface area contributed by atoms with Gasteiger partial charge in [0.05, 0.1) is 5.52 Å². The fourth-order valence-corrected chi connectivity index (χ4v) is 3.13. The molecule has 4 rings (SSSR count). The summed E-state index contributed by atoms with van der Waals surface area (Å²) >= 11 is 0. The van der Waals surface area contributed by atoms with Crippen LogP contribution >= 0.6 is 0 Å². The van der Waals surface area contributed by atoms with Crippen molar-refractivity contribution in [3.05, 3.63) is 58.5 Å². The standard InChI is InChI=1S/C17H17FN4O2/c18-13-4-2-6-19-16(13)22-9-7-21(8-10-22)11-12-3-1-5-14-15(12)24-17(23)20-14/h1-6H,7-11H2,(H,20,23). The molecule has 1 aliphatic rings. The van der Waals surface area contributed by atoms with Gasteiger partial charge in [0, 0.05) is 44.5 Å². The molecule has 3 aromatic rings. The molecule has 1 aromatic carbocycles. The molecule has 1 aliphatic heterocycles. The topological polar surface area (TPSA) is 65.4 Å². The lowest BCUT2D eigenvalue weighted by atomic mass is 10.1. The molecular formula is C17H17FN4O2. The second kappa shape index (κ2) is 6.09. The molecule has 0 saturated carbocycles.